The van der Waals surface area contributed by atoms with Gasteiger partial charge in [-0.15, -0.1) is 5.10 Å². The van der Waals surface area contributed by atoms with Crippen molar-refractivity contribution in [3.8, 4) is 11.5 Å². The van der Waals surface area contributed by atoms with E-state index in [1.54, 1.807) is 48.7 Å². The lowest BCUT2D eigenvalue weighted by Crippen LogP contribution is -2.24. The number of rotatable bonds is 8. The van der Waals surface area contributed by atoms with E-state index in [1.807, 2.05) is 0 Å². The van der Waals surface area contributed by atoms with Gasteiger partial charge in [0.05, 0.1) is 17.8 Å². The molecule has 1 unspecified atom stereocenters. The van der Waals surface area contributed by atoms with Crippen LogP contribution in [-0.2, 0) is 13.2 Å². The number of hydrogen-bond donors (Lipinski definition) is 1. The van der Waals surface area contributed by atoms with Crippen molar-refractivity contribution < 1.29 is 14.6 Å². The lowest BCUT2D eigenvalue weighted by Gasteiger charge is -2.13. The van der Waals surface area contributed by atoms with Crippen LogP contribution in [-0.4, -0.2) is 32.8 Å². The van der Waals surface area contributed by atoms with Gasteiger partial charge in [0.1, 0.15) is 36.5 Å². The van der Waals surface area contributed by atoms with E-state index >= 15 is 0 Å². The Labute approximate surface area is 171 Å². The summed E-state index contributed by atoms with van der Waals surface area (Å²) in [4.78, 5) is 0. The second kappa shape index (κ2) is 9.28. The smallest absolute Gasteiger partial charge is 0.138 e. The molecule has 0 spiro atoms. The molecule has 0 aliphatic heterocycles. The molecule has 1 aromatic heterocycles. The molecular weight excluding hydrogens is 413 g/mol. The Bertz CT molecular complexity index is 887. The highest BCUT2D eigenvalue weighted by molar-refractivity contribution is 6.35. The number of ether oxygens (including phenoxy) is 2. The zero-order chi connectivity index (χ0) is 19.2. The van der Waals surface area contributed by atoms with Gasteiger partial charge in [-0.05, 0) is 42.5 Å². The maximum Gasteiger partial charge on any atom is 0.138 e. The second-order valence-electron chi connectivity index (χ2n) is 5.71. The third-order valence-electron chi connectivity index (χ3n) is 3.51. The lowest BCUT2D eigenvalue weighted by atomic mass is 10.3. The van der Waals surface area contributed by atoms with Crippen LogP contribution in [0, 0.1) is 0 Å². The normalized spacial score (nSPS) is 12.0. The van der Waals surface area contributed by atoms with Gasteiger partial charge in [-0.2, -0.15) is 0 Å². The number of benzene rings is 2. The van der Waals surface area contributed by atoms with Gasteiger partial charge in [-0.3, -0.25) is 0 Å². The Morgan fingerprint density at radius 2 is 1.74 bits per heavy atom. The second-order valence-corrected chi connectivity index (χ2v) is 6.99. The quantitative estimate of drug-likeness (QED) is 0.580. The van der Waals surface area contributed by atoms with Crippen LogP contribution in [0.25, 0.3) is 0 Å². The molecule has 1 atom stereocenters. The van der Waals surface area contributed by atoms with Crippen LogP contribution >= 0.6 is 34.8 Å². The van der Waals surface area contributed by atoms with Crippen molar-refractivity contribution in [3.05, 3.63) is 69.4 Å². The van der Waals surface area contributed by atoms with Crippen molar-refractivity contribution >= 4 is 34.8 Å². The standard InChI is InChI=1S/C18H16Cl3N3O3/c19-12-1-4-16(5-2-12)26-10-14-8-24(23-22-14)9-15(25)11-27-18-6-3-13(20)7-17(18)21/h1-8,15,25H,9-11H2. The molecule has 9 heteroatoms. The Morgan fingerprint density at radius 3 is 2.48 bits per heavy atom. The minimum atomic E-state index is -0.788. The fourth-order valence-corrected chi connectivity index (χ4v) is 2.82. The molecule has 0 amide bonds. The Hall–Kier alpha value is -1.99. The van der Waals surface area contributed by atoms with Crippen LogP contribution in [0.3, 0.4) is 0 Å². The molecule has 1 heterocycles. The van der Waals surface area contributed by atoms with Gasteiger partial charge in [0.15, 0.2) is 0 Å². The van der Waals surface area contributed by atoms with Crippen molar-refractivity contribution in [1.82, 2.24) is 15.0 Å². The number of aromatic nitrogens is 3. The van der Waals surface area contributed by atoms with E-state index < -0.39 is 6.10 Å². The summed E-state index contributed by atoms with van der Waals surface area (Å²) < 4.78 is 12.6. The molecule has 6 nitrogen and oxygen atoms in total. The molecule has 0 bridgehead atoms. The molecule has 0 aliphatic rings. The van der Waals surface area contributed by atoms with Crippen LogP contribution < -0.4 is 9.47 Å². The van der Waals surface area contributed by atoms with Crippen LogP contribution in [0.2, 0.25) is 15.1 Å². The molecule has 27 heavy (non-hydrogen) atoms. The highest BCUT2D eigenvalue weighted by Crippen LogP contribution is 2.27. The summed E-state index contributed by atoms with van der Waals surface area (Å²) in [6.45, 7) is 0.533. The summed E-state index contributed by atoms with van der Waals surface area (Å²) in [5, 5.41) is 19.7. The van der Waals surface area contributed by atoms with E-state index in [9.17, 15) is 5.11 Å². The minimum Gasteiger partial charge on any atom is -0.489 e. The van der Waals surface area contributed by atoms with Crippen molar-refractivity contribution in [1.29, 1.82) is 0 Å². The monoisotopic (exact) mass is 427 g/mol. The van der Waals surface area contributed by atoms with Gasteiger partial charge in [0.2, 0.25) is 0 Å². The Morgan fingerprint density at radius 1 is 1.00 bits per heavy atom. The number of halogens is 3. The number of aliphatic hydroxyl groups excluding tert-OH is 1. The molecule has 3 aromatic rings. The van der Waals surface area contributed by atoms with Crippen molar-refractivity contribution in [3.63, 3.8) is 0 Å². The van der Waals surface area contributed by atoms with Crippen LogP contribution in [0.15, 0.2) is 48.7 Å². The molecule has 142 valence electrons. The summed E-state index contributed by atoms with van der Waals surface area (Å²) in [6.07, 6.45) is 0.914. The predicted molar refractivity (Wildman–Crippen MR) is 104 cm³/mol. The molecule has 3 rings (SSSR count). The first-order chi connectivity index (χ1) is 13.0. The van der Waals surface area contributed by atoms with Crippen molar-refractivity contribution in [2.75, 3.05) is 6.61 Å². The number of nitrogens with zero attached hydrogens (tertiary/aromatic N) is 3. The van der Waals surface area contributed by atoms with Gasteiger partial charge in [-0.1, -0.05) is 40.0 Å². The molecule has 0 fully saturated rings. The summed E-state index contributed by atoms with van der Waals surface area (Å²) in [6, 6.07) is 11.9. The fraction of sp³-hybridized carbons (Fsp3) is 0.222. The molecule has 0 saturated heterocycles. The summed E-state index contributed by atoms with van der Waals surface area (Å²) in [5.41, 5.74) is 0.638. The highest BCUT2D eigenvalue weighted by Gasteiger charge is 2.11. The van der Waals surface area contributed by atoms with E-state index in [-0.39, 0.29) is 19.8 Å². The summed E-state index contributed by atoms with van der Waals surface area (Å²) >= 11 is 17.7. The summed E-state index contributed by atoms with van der Waals surface area (Å²) in [7, 11) is 0. The average Bonchev–Trinajstić information content (AvgIpc) is 3.08. The third-order valence-corrected chi connectivity index (χ3v) is 4.29. The van der Waals surface area contributed by atoms with E-state index in [2.05, 4.69) is 10.3 Å². The topological polar surface area (TPSA) is 69.4 Å². The van der Waals surface area contributed by atoms with E-state index in [0.29, 0.717) is 32.3 Å². The average molecular weight is 429 g/mol. The van der Waals surface area contributed by atoms with Gasteiger partial charge < -0.3 is 14.6 Å². The largest absolute Gasteiger partial charge is 0.489 e. The van der Waals surface area contributed by atoms with Gasteiger partial charge in [0.25, 0.3) is 0 Å². The maximum absolute atomic E-state index is 10.1. The van der Waals surface area contributed by atoms with E-state index in [4.69, 9.17) is 44.3 Å². The van der Waals surface area contributed by atoms with Crippen molar-refractivity contribution in [2.45, 2.75) is 19.3 Å². The van der Waals surface area contributed by atoms with Gasteiger partial charge in [0, 0.05) is 10.0 Å². The van der Waals surface area contributed by atoms with E-state index in [0.717, 1.165) is 0 Å². The van der Waals surface area contributed by atoms with Crippen LogP contribution in [0.1, 0.15) is 5.69 Å². The van der Waals surface area contributed by atoms with Gasteiger partial charge in [-0.25, -0.2) is 4.68 Å². The molecule has 2 aromatic carbocycles. The van der Waals surface area contributed by atoms with E-state index in [1.165, 1.54) is 4.68 Å². The first kappa shape index (κ1) is 19.8. The Kier molecular flexibility index (Phi) is 6.79. The minimum absolute atomic E-state index is 0.0534. The molecule has 1 N–H and O–H groups in total. The maximum atomic E-state index is 10.1. The third kappa shape index (κ3) is 6.01. The first-order valence-electron chi connectivity index (χ1n) is 8.03. The van der Waals surface area contributed by atoms with Crippen LogP contribution in [0.4, 0.5) is 0 Å². The van der Waals surface area contributed by atoms with Crippen molar-refractivity contribution in [2.24, 2.45) is 0 Å². The molecule has 0 radical (unpaired) electrons. The predicted octanol–water partition coefficient (Wildman–Crippen LogP) is 4.26. The summed E-state index contributed by atoms with van der Waals surface area (Å²) in [5.74, 6) is 1.14. The Balaban J connectivity index is 1.47. The highest BCUT2D eigenvalue weighted by atomic mass is 35.5. The zero-order valence-electron chi connectivity index (χ0n) is 14.1. The fourth-order valence-electron chi connectivity index (χ4n) is 2.23. The molecule has 0 aliphatic carbocycles. The first-order valence-corrected chi connectivity index (χ1v) is 9.16. The molecule has 0 saturated carbocycles. The number of aliphatic hydroxyl groups is 1. The van der Waals surface area contributed by atoms with Crippen LogP contribution in [0.5, 0.6) is 11.5 Å². The lowest BCUT2D eigenvalue weighted by molar-refractivity contribution is 0.0888. The zero-order valence-corrected chi connectivity index (χ0v) is 16.3. The van der Waals surface area contributed by atoms with Gasteiger partial charge >= 0.3 is 0 Å². The SMILES string of the molecule is OC(COc1ccc(Cl)cc1Cl)Cn1cc(COc2ccc(Cl)cc2)nn1. The molecular formula is C18H16Cl3N3O3. The number of hydrogen-bond acceptors (Lipinski definition) is 5.